The third kappa shape index (κ3) is 1.55. The topological polar surface area (TPSA) is 86.7 Å². The average Bonchev–Trinajstić information content (AvgIpc) is 2.42. The van der Waals surface area contributed by atoms with Gasteiger partial charge in [-0.15, -0.1) is 0 Å². The second-order valence-corrected chi connectivity index (χ2v) is 4.47. The summed E-state index contributed by atoms with van der Waals surface area (Å²) in [7, 11) is 0. The number of carbonyl (C=O) groups excluding carboxylic acids is 3. The lowest BCUT2D eigenvalue weighted by Crippen LogP contribution is -2.51. The molecule has 2 N–H and O–H groups in total. The van der Waals surface area contributed by atoms with Crippen LogP contribution in [0.4, 0.5) is 0 Å². The van der Waals surface area contributed by atoms with Crippen LogP contribution in [0.25, 0.3) is 10.8 Å². The van der Waals surface area contributed by atoms with Crippen LogP contribution in [0.1, 0.15) is 27.6 Å². The van der Waals surface area contributed by atoms with Crippen molar-refractivity contribution in [2.75, 3.05) is 0 Å². The zero-order valence-electron chi connectivity index (χ0n) is 10.5. The summed E-state index contributed by atoms with van der Waals surface area (Å²) in [6.45, 7) is 1.22. The first kappa shape index (κ1) is 12.2. The van der Waals surface area contributed by atoms with Crippen molar-refractivity contribution in [2.45, 2.75) is 6.92 Å². The Balaban J connectivity index is 2.31. The van der Waals surface area contributed by atoms with E-state index < -0.39 is 17.7 Å². The molecule has 0 radical (unpaired) electrons. The molecule has 0 spiro atoms. The van der Waals surface area contributed by atoms with Crippen LogP contribution in [0.2, 0.25) is 0 Å². The number of benzene rings is 2. The smallest absolute Gasteiger partial charge is 0.280 e. The fraction of sp³-hybridized carbons (Fsp3) is 0.0714. The summed E-state index contributed by atoms with van der Waals surface area (Å²) in [5.41, 5.74) is 2.74. The Kier molecular flexibility index (Phi) is 2.47. The number of imide groups is 1. The number of phenolic OH excluding ortho intramolecular Hbond substituents is 1. The molecule has 0 fully saturated rings. The van der Waals surface area contributed by atoms with Crippen molar-refractivity contribution in [1.29, 1.82) is 0 Å². The van der Waals surface area contributed by atoms with Gasteiger partial charge in [0.1, 0.15) is 5.75 Å². The third-order valence-electron chi connectivity index (χ3n) is 3.15. The molecule has 0 bridgehead atoms. The molecule has 0 saturated carbocycles. The first-order chi connectivity index (χ1) is 9.50. The Bertz CT molecular complexity index is 760. The Morgan fingerprint density at radius 1 is 1.10 bits per heavy atom. The average molecular weight is 270 g/mol. The molecule has 2 aromatic rings. The number of phenols is 1. The minimum absolute atomic E-state index is 0.000762. The van der Waals surface area contributed by atoms with E-state index in [4.69, 9.17) is 0 Å². The molecule has 0 atom stereocenters. The first-order valence-corrected chi connectivity index (χ1v) is 5.91. The van der Waals surface area contributed by atoms with Gasteiger partial charge in [-0.1, -0.05) is 12.1 Å². The quantitative estimate of drug-likeness (QED) is 0.762. The molecular weight excluding hydrogens is 260 g/mol. The number of aromatic hydroxyl groups is 1. The summed E-state index contributed by atoms with van der Waals surface area (Å²) >= 11 is 0. The van der Waals surface area contributed by atoms with E-state index in [-0.39, 0.29) is 16.9 Å². The van der Waals surface area contributed by atoms with Crippen molar-refractivity contribution >= 4 is 28.5 Å². The Morgan fingerprint density at radius 2 is 1.75 bits per heavy atom. The minimum atomic E-state index is -0.617. The SMILES string of the molecule is CC(=O)NN1C(=O)c2cccc3c(O)ccc(c23)C1=O. The third-order valence-corrected chi connectivity index (χ3v) is 3.15. The van der Waals surface area contributed by atoms with Gasteiger partial charge in [0.15, 0.2) is 0 Å². The van der Waals surface area contributed by atoms with E-state index in [0.29, 0.717) is 15.8 Å². The van der Waals surface area contributed by atoms with Gasteiger partial charge in [0, 0.05) is 17.7 Å². The normalized spacial score (nSPS) is 13.8. The fourth-order valence-electron chi connectivity index (χ4n) is 2.34. The van der Waals surface area contributed by atoms with Gasteiger partial charge in [-0.3, -0.25) is 19.8 Å². The number of hydrogen-bond acceptors (Lipinski definition) is 4. The maximum absolute atomic E-state index is 12.3. The highest BCUT2D eigenvalue weighted by Crippen LogP contribution is 2.34. The molecule has 6 nitrogen and oxygen atoms in total. The van der Waals surface area contributed by atoms with Crippen molar-refractivity contribution < 1.29 is 19.5 Å². The van der Waals surface area contributed by atoms with Gasteiger partial charge in [0.05, 0.1) is 11.1 Å². The maximum Gasteiger partial charge on any atom is 0.280 e. The molecule has 0 aliphatic carbocycles. The summed E-state index contributed by atoms with van der Waals surface area (Å²) in [6, 6.07) is 7.62. The predicted octanol–water partition coefficient (Wildman–Crippen LogP) is 1.19. The number of nitrogens with one attached hydrogen (secondary N) is 1. The van der Waals surface area contributed by atoms with Crippen molar-refractivity contribution in [2.24, 2.45) is 0 Å². The molecule has 1 aliphatic rings. The molecule has 100 valence electrons. The van der Waals surface area contributed by atoms with E-state index in [1.165, 1.54) is 19.1 Å². The van der Waals surface area contributed by atoms with E-state index in [1.54, 1.807) is 18.2 Å². The Hall–Kier alpha value is -2.89. The second-order valence-electron chi connectivity index (χ2n) is 4.47. The molecule has 1 heterocycles. The molecule has 0 saturated heterocycles. The van der Waals surface area contributed by atoms with Crippen LogP contribution in [0.15, 0.2) is 30.3 Å². The number of amides is 3. The second kappa shape index (κ2) is 4.06. The summed E-state index contributed by atoms with van der Waals surface area (Å²) in [5.74, 6) is -1.75. The number of nitrogens with zero attached hydrogens (tertiary/aromatic N) is 1. The van der Waals surface area contributed by atoms with Crippen LogP contribution in [0.5, 0.6) is 5.75 Å². The minimum Gasteiger partial charge on any atom is -0.507 e. The van der Waals surface area contributed by atoms with E-state index in [2.05, 4.69) is 5.43 Å². The standard InChI is InChI=1S/C14H10N2O4/c1-7(17)15-16-13(19)9-4-2-3-8-11(18)6-5-10(12(8)9)14(16)20/h2-6,18H,1H3,(H,15,17). The van der Waals surface area contributed by atoms with Gasteiger partial charge in [0.2, 0.25) is 5.91 Å². The van der Waals surface area contributed by atoms with Crippen LogP contribution in [0, 0.1) is 0 Å². The maximum atomic E-state index is 12.3. The summed E-state index contributed by atoms with van der Waals surface area (Å²) < 4.78 is 0. The molecule has 6 heteroatoms. The van der Waals surface area contributed by atoms with Crippen LogP contribution in [-0.4, -0.2) is 27.8 Å². The van der Waals surface area contributed by atoms with E-state index in [9.17, 15) is 19.5 Å². The molecule has 20 heavy (non-hydrogen) atoms. The highest BCUT2D eigenvalue weighted by Gasteiger charge is 2.34. The number of carbonyl (C=O) groups is 3. The van der Waals surface area contributed by atoms with E-state index in [1.807, 2.05) is 0 Å². The van der Waals surface area contributed by atoms with Crippen molar-refractivity contribution in [3.8, 4) is 5.75 Å². The van der Waals surface area contributed by atoms with Gasteiger partial charge in [-0.05, 0) is 18.2 Å². The lowest BCUT2D eigenvalue weighted by atomic mass is 9.94. The highest BCUT2D eigenvalue weighted by molar-refractivity contribution is 6.26. The van der Waals surface area contributed by atoms with Crippen molar-refractivity contribution in [3.63, 3.8) is 0 Å². The number of hydrogen-bond donors (Lipinski definition) is 2. The summed E-state index contributed by atoms with van der Waals surface area (Å²) in [6.07, 6.45) is 0. The van der Waals surface area contributed by atoms with Gasteiger partial charge >= 0.3 is 0 Å². The monoisotopic (exact) mass is 270 g/mol. The Labute approximate surface area is 113 Å². The first-order valence-electron chi connectivity index (χ1n) is 5.91. The van der Waals surface area contributed by atoms with E-state index >= 15 is 0 Å². The molecule has 2 aromatic carbocycles. The van der Waals surface area contributed by atoms with Crippen LogP contribution < -0.4 is 5.43 Å². The highest BCUT2D eigenvalue weighted by atomic mass is 16.3. The Morgan fingerprint density at radius 3 is 2.40 bits per heavy atom. The zero-order chi connectivity index (χ0) is 14.4. The molecule has 3 amide bonds. The molecule has 1 aliphatic heterocycles. The van der Waals surface area contributed by atoms with Crippen LogP contribution in [0.3, 0.4) is 0 Å². The molecule has 3 rings (SSSR count). The number of hydrazine groups is 1. The lowest BCUT2D eigenvalue weighted by Gasteiger charge is -2.26. The zero-order valence-corrected chi connectivity index (χ0v) is 10.5. The molecular formula is C14H10N2O4. The van der Waals surface area contributed by atoms with Gasteiger partial charge in [-0.2, -0.15) is 5.01 Å². The molecule has 0 aromatic heterocycles. The van der Waals surface area contributed by atoms with E-state index in [0.717, 1.165) is 0 Å². The summed E-state index contributed by atoms with van der Waals surface area (Å²) in [5, 5.41) is 11.3. The van der Waals surface area contributed by atoms with Crippen LogP contribution in [-0.2, 0) is 4.79 Å². The van der Waals surface area contributed by atoms with Gasteiger partial charge in [-0.25, -0.2) is 0 Å². The van der Waals surface area contributed by atoms with Crippen molar-refractivity contribution in [3.05, 3.63) is 41.5 Å². The largest absolute Gasteiger partial charge is 0.507 e. The lowest BCUT2D eigenvalue weighted by molar-refractivity contribution is -0.122. The van der Waals surface area contributed by atoms with Crippen molar-refractivity contribution in [1.82, 2.24) is 10.4 Å². The molecule has 0 unspecified atom stereocenters. The van der Waals surface area contributed by atoms with Gasteiger partial charge in [0.25, 0.3) is 11.8 Å². The van der Waals surface area contributed by atoms with Crippen LogP contribution >= 0.6 is 0 Å². The fourth-order valence-corrected chi connectivity index (χ4v) is 2.34. The van der Waals surface area contributed by atoms with Gasteiger partial charge < -0.3 is 5.11 Å². The predicted molar refractivity (Wildman–Crippen MR) is 69.9 cm³/mol. The number of rotatable bonds is 1. The summed E-state index contributed by atoms with van der Waals surface area (Å²) in [4.78, 5) is 35.7.